The highest BCUT2D eigenvalue weighted by molar-refractivity contribution is 5.82. The van der Waals surface area contributed by atoms with E-state index in [1.807, 2.05) is 0 Å². The molecule has 0 radical (unpaired) electrons. The summed E-state index contributed by atoms with van der Waals surface area (Å²) in [7, 11) is 0. The summed E-state index contributed by atoms with van der Waals surface area (Å²) in [5.41, 5.74) is 5.41. The maximum Gasteiger partial charge on any atom is 0.222 e. The number of nitrogens with zero attached hydrogens (tertiary/aromatic N) is 1. The van der Waals surface area contributed by atoms with E-state index in [1.165, 1.54) is 0 Å². The standard InChI is InChI=1S/C7H11FN2O/c8-7-6(4-1-2-4)10-5(9)3-11-7/h4,6-7H,1-3H2,(H2,9,10). The molecular weight excluding hydrogens is 147 g/mol. The third-order valence-electron chi connectivity index (χ3n) is 2.08. The minimum Gasteiger partial charge on any atom is -0.386 e. The van der Waals surface area contributed by atoms with Crippen LogP contribution in [-0.4, -0.2) is 24.8 Å². The molecule has 4 heteroatoms. The molecule has 3 nitrogen and oxygen atoms in total. The fourth-order valence-electron chi connectivity index (χ4n) is 1.31. The fourth-order valence-corrected chi connectivity index (χ4v) is 1.31. The molecule has 2 rings (SSSR count). The van der Waals surface area contributed by atoms with Gasteiger partial charge in [-0.2, -0.15) is 0 Å². The van der Waals surface area contributed by atoms with Gasteiger partial charge in [-0.3, -0.25) is 4.99 Å². The van der Waals surface area contributed by atoms with E-state index in [0.717, 1.165) is 12.8 Å². The number of halogens is 1. The number of rotatable bonds is 1. The van der Waals surface area contributed by atoms with Crippen molar-refractivity contribution in [3.63, 3.8) is 0 Å². The summed E-state index contributed by atoms with van der Waals surface area (Å²) >= 11 is 0. The molecule has 0 amide bonds. The maximum absolute atomic E-state index is 12.9. The predicted octanol–water partition coefficient (Wildman–Crippen LogP) is 0.448. The third-order valence-corrected chi connectivity index (χ3v) is 2.08. The Kier molecular flexibility index (Phi) is 1.56. The van der Waals surface area contributed by atoms with Crippen molar-refractivity contribution < 1.29 is 9.13 Å². The van der Waals surface area contributed by atoms with E-state index in [1.54, 1.807) is 0 Å². The number of hydrogen-bond donors (Lipinski definition) is 1. The molecule has 2 atom stereocenters. The van der Waals surface area contributed by atoms with Crippen molar-refractivity contribution in [1.82, 2.24) is 0 Å². The van der Waals surface area contributed by atoms with Crippen molar-refractivity contribution in [2.24, 2.45) is 16.6 Å². The molecule has 0 aromatic carbocycles. The molecule has 1 saturated carbocycles. The Balaban J connectivity index is 2.08. The number of nitrogens with two attached hydrogens (primary N) is 1. The molecule has 0 aromatic heterocycles. The van der Waals surface area contributed by atoms with Gasteiger partial charge in [0.05, 0.1) is 0 Å². The van der Waals surface area contributed by atoms with Crippen LogP contribution in [0.1, 0.15) is 12.8 Å². The molecule has 1 aliphatic heterocycles. The van der Waals surface area contributed by atoms with Crippen LogP contribution in [0.5, 0.6) is 0 Å². The second-order valence-electron chi connectivity index (χ2n) is 3.11. The number of ether oxygens (including phenoxy) is 1. The molecular formula is C7H11FN2O. The summed E-state index contributed by atoms with van der Waals surface area (Å²) in [6, 6.07) is -0.316. The first-order valence-electron chi connectivity index (χ1n) is 3.85. The highest BCUT2D eigenvalue weighted by atomic mass is 19.1. The van der Waals surface area contributed by atoms with Crippen LogP contribution >= 0.6 is 0 Å². The monoisotopic (exact) mass is 158 g/mol. The first-order chi connectivity index (χ1) is 5.27. The van der Waals surface area contributed by atoms with Crippen LogP contribution in [0.3, 0.4) is 0 Å². The summed E-state index contributed by atoms with van der Waals surface area (Å²) in [5, 5.41) is 0. The summed E-state index contributed by atoms with van der Waals surface area (Å²) in [5.74, 6) is 0.805. The van der Waals surface area contributed by atoms with Gasteiger partial charge in [0, 0.05) is 0 Å². The topological polar surface area (TPSA) is 47.6 Å². The van der Waals surface area contributed by atoms with Crippen LogP contribution in [0, 0.1) is 5.92 Å². The van der Waals surface area contributed by atoms with E-state index in [0.29, 0.717) is 11.8 Å². The minimum atomic E-state index is -1.23. The Labute approximate surface area is 64.4 Å². The molecule has 11 heavy (non-hydrogen) atoms. The summed E-state index contributed by atoms with van der Waals surface area (Å²) in [6.07, 6.45) is 0.894. The Hall–Kier alpha value is -0.640. The minimum absolute atomic E-state index is 0.143. The lowest BCUT2D eigenvalue weighted by Gasteiger charge is -2.22. The lowest BCUT2D eigenvalue weighted by atomic mass is 10.2. The van der Waals surface area contributed by atoms with Crippen molar-refractivity contribution in [2.75, 3.05) is 6.61 Å². The number of alkyl halides is 1. The van der Waals surface area contributed by atoms with E-state index in [-0.39, 0.29) is 12.6 Å². The molecule has 1 fully saturated rings. The number of hydrogen-bond acceptors (Lipinski definition) is 3. The first-order valence-corrected chi connectivity index (χ1v) is 3.85. The van der Waals surface area contributed by atoms with Crippen LogP contribution in [-0.2, 0) is 4.74 Å². The Bertz CT molecular complexity index is 191. The van der Waals surface area contributed by atoms with Crippen LogP contribution in [0.15, 0.2) is 4.99 Å². The van der Waals surface area contributed by atoms with Gasteiger partial charge in [-0.25, -0.2) is 4.39 Å². The highest BCUT2D eigenvalue weighted by Gasteiger charge is 2.39. The zero-order valence-corrected chi connectivity index (χ0v) is 6.16. The molecule has 1 heterocycles. The molecule has 2 aliphatic rings. The van der Waals surface area contributed by atoms with Crippen LogP contribution in [0.25, 0.3) is 0 Å². The fraction of sp³-hybridized carbons (Fsp3) is 0.857. The van der Waals surface area contributed by atoms with Crippen molar-refractivity contribution in [3.05, 3.63) is 0 Å². The van der Waals surface area contributed by atoms with Gasteiger partial charge in [0.25, 0.3) is 0 Å². The molecule has 0 spiro atoms. The average Bonchev–Trinajstić information content (AvgIpc) is 2.76. The second-order valence-corrected chi connectivity index (χ2v) is 3.11. The Morgan fingerprint density at radius 1 is 1.55 bits per heavy atom. The van der Waals surface area contributed by atoms with Crippen LogP contribution < -0.4 is 5.73 Å². The first kappa shape index (κ1) is 7.03. The van der Waals surface area contributed by atoms with Gasteiger partial charge in [-0.15, -0.1) is 0 Å². The van der Waals surface area contributed by atoms with E-state index in [4.69, 9.17) is 10.5 Å². The lowest BCUT2D eigenvalue weighted by Crippen LogP contribution is -2.37. The molecule has 2 unspecified atom stereocenters. The summed E-state index contributed by atoms with van der Waals surface area (Å²) in [6.45, 7) is 0.143. The van der Waals surface area contributed by atoms with Crippen molar-refractivity contribution in [2.45, 2.75) is 25.2 Å². The smallest absolute Gasteiger partial charge is 0.222 e. The Morgan fingerprint density at radius 3 is 2.91 bits per heavy atom. The van der Waals surface area contributed by atoms with E-state index >= 15 is 0 Å². The molecule has 2 N–H and O–H groups in total. The molecule has 1 aliphatic carbocycles. The maximum atomic E-state index is 12.9. The second kappa shape index (κ2) is 2.44. The van der Waals surface area contributed by atoms with Gasteiger partial charge >= 0.3 is 0 Å². The quantitative estimate of drug-likeness (QED) is 0.602. The van der Waals surface area contributed by atoms with Crippen molar-refractivity contribution in [3.8, 4) is 0 Å². The average molecular weight is 158 g/mol. The third kappa shape index (κ3) is 1.35. The summed E-state index contributed by atoms with van der Waals surface area (Å²) < 4.78 is 17.7. The molecule has 0 aromatic rings. The van der Waals surface area contributed by atoms with Crippen molar-refractivity contribution in [1.29, 1.82) is 0 Å². The van der Waals surface area contributed by atoms with E-state index in [2.05, 4.69) is 4.99 Å². The normalized spacial score (nSPS) is 38.5. The molecule has 0 saturated heterocycles. The van der Waals surface area contributed by atoms with Gasteiger partial charge in [0.15, 0.2) is 0 Å². The van der Waals surface area contributed by atoms with Crippen LogP contribution in [0.2, 0.25) is 0 Å². The SMILES string of the molecule is NC1=NC(C2CC2)C(F)OC1. The highest BCUT2D eigenvalue weighted by Crippen LogP contribution is 2.37. The summed E-state index contributed by atoms with van der Waals surface area (Å²) in [4.78, 5) is 4.02. The van der Waals surface area contributed by atoms with Gasteiger partial charge in [-0.1, -0.05) is 0 Å². The largest absolute Gasteiger partial charge is 0.386 e. The van der Waals surface area contributed by atoms with Gasteiger partial charge < -0.3 is 10.5 Å². The number of amidine groups is 1. The predicted molar refractivity (Wildman–Crippen MR) is 39.0 cm³/mol. The molecule has 62 valence electrons. The van der Waals surface area contributed by atoms with Crippen molar-refractivity contribution >= 4 is 5.84 Å². The molecule has 0 bridgehead atoms. The van der Waals surface area contributed by atoms with Gasteiger partial charge in [0.2, 0.25) is 6.36 Å². The number of aliphatic imine (C=N–C) groups is 1. The van der Waals surface area contributed by atoms with Gasteiger partial charge in [0.1, 0.15) is 18.5 Å². The zero-order valence-electron chi connectivity index (χ0n) is 6.16. The van der Waals surface area contributed by atoms with E-state index in [9.17, 15) is 4.39 Å². The lowest BCUT2D eigenvalue weighted by molar-refractivity contribution is -0.0497. The Morgan fingerprint density at radius 2 is 2.27 bits per heavy atom. The van der Waals surface area contributed by atoms with Gasteiger partial charge in [-0.05, 0) is 18.8 Å². The van der Waals surface area contributed by atoms with E-state index < -0.39 is 6.36 Å². The van der Waals surface area contributed by atoms with Crippen LogP contribution in [0.4, 0.5) is 4.39 Å². The zero-order chi connectivity index (χ0) is 7.84.